The Morgan fingerprint density at radius 2 is 2.18 bits per heavy atom. The van der Waals surface area contributed by atoms with Crippen LogP contribution in [-0.4, -0.2) is 12.7 Å². The molecule has 1 rings (SSSR count). The molecule has 0 atom stereocenters. The van der Waals surface area contributed by atoms with Gasteiger partial charge in [-0.15, -0.1) is 0 Å². The van der Waals surface area contributed by atoms with E-state index in [-0.39, 0.29) is 11.5 Å². The second kappa shape index (κ2) is 6.44. The molecule has 0 saturated heterocycles. The SMILES string of the molecule is CCCCOc1c(Br)ccc(F)c1OC(N)=O. The predicted octanol–water partition coefficient (Wildman–Crippen LogP) is 3.22. The number of nitrogens with two attached hydrogens (primary N) is 1. The van der Waals surface area contributed by atoms with Crippen LogP contribution in [0.1, 0.15) is 19.8 Å². The largest absolute Gasteiger partial charge is 0.488 e. The zero-order chi connectivity index (χ0) is 12.8. The van der Waals surface area contributed by atoms with Crippen LogP contribution in [0.15, 0.2) is 16.6 Å². The second-order valence-electron chi connectivity index (χ2n) is 3.31. The minimum atomic E-state index is -1.08. The molecular weight excluding hydrogens is 293 g/mol. The van der Waals surface area contributed by atoms with E-state index < -0.39 is 11.9 Å². The van der Waals surface area contributed by atoms with Crippen molar-refractivity contribution in [3.63, 3.8) is 0 Å². The fraction of sp³-hybridized carbons (Fsp3) is 0.364. The van der Waals surface area contributed by atoms with Crippen molar-refractivity contribution in [1.82, 2.24) is 0 Å². The lowest BCUT2D eigenvalue weighted by Gasteiger charge is -2.12. The van der Waals surface area contributed by atoms with Gasteiger partial charge >= 0.3 is 6.09 Å². The van der Waals surface area contributed by atoms with E-state index >= 15 is 0 Å². The van der Waals surface area contributed by atoms with Crippen LogP contribution in [-0.2, 0) is 0 Å². The number of hydrogen-bond acceptors (Lipinski definition) is 3. The van der Waals surface area contributed by atoms with Crippen molar-refractivity contribution < 1.29 is 18.7 Å². The van der Waals surface area contributed by atoms with Gasteiger partial charge in [0.05, 0.1) is 11.1 Å². The molecule has 0 aliphatic carbocycles. The molecule has 1 amide bonds. The van der Waals surface area contributed by atoms with Crippen molar-refractivity contribution in [2.75, 3.05) is 6.61 Å². The molecule has 0 fully saturated rings. The number of halogens is 2. The van der Waals surface area contributed by atoms with Gasteiger partial charge in [-0.3, -0.25) is 0 Å². The van der Waals surface area contributed by atoms with Crippen molar-refractivity contribution in [1.29, 1.82) is 0 Å². The first-order valence-electron chi connectivity index (χ1n) is 5.14. The normalized spacial score (nSPS) is 10.1. The van der Waals surface area contributed by atoms with Gasteiger partial charge in [0.2, 0.25) is 5.75 Å². The van der Waals surface area contributed by atoms with Crippen molar-refractivity contribution in [3.8, 4) is 11.5 Å². The molecule has 4 nitrogen and oxygen atoms in total. The number of rotatable bonds is 5. The van der Waals surface area contributed by atoms with Crippen LogP contribution in [0.4, 0.5) is 9.18 Å². The molecular formula is C11H13BrFNO3. The van der Waals surface area contributed by atoms with Gasteiger partial charge in [0.1, 0.15) is 0 Å². The monoisotopic (exact) mass is 305 g/mol. The molecule has 6 heteroatoms. The fourth-order valence-corrected chi connectivity index (χ4v) is 1.59. The number of benzene rings is 1. The number of unbranched alkanes of at least 4 members (excludes halogenated alkanes) is 1. The number of primary amides is 1. The van der Waals surface area contributed by atoms with Crippen molar-refractivity contribution in [3.05, 3.63) is 22.4 Å². The first-order chi connectivity index (χ1) is 8.06. The van der Waals surface area contributed by atoms with Crippen LogP contribution < -0.4 is 15.2 Å². The quantitative estimate of drug-likeness (QED) is 0.850. The third-order valence-corrected chi connectivity index (χ3v) is 2.59. The second-order valence-corrected chi connectivity index (χ2v) is 4.16. The highest BCUT2D eigenvalue weighted by atomic mass is 79.9. The molecule has 0 bridgehead atoms. The van der Waals surface area contributed by atoms with Crippen LogP contribution in [0.2, 0.25) is 0 Å². The summed E-state index contributed by atoms with van der Waals surface area (Å²) in [4.78, 5) is 10.7. The van der Waals surface area contributed by atoms with E-state index in [2.05, 4.69) is 20.7 Å². The zero-order valence-electron chi connectivity index (χ0n) is 9.33. The lowest BCUT2D eigenvalue weighted by Crippen LogP contribution is -2.18. The van der Waals surface area contributed by atoms with E-state index in [1.807, 2.05) is 6.92 Å². The van der Waals surface area contributed by atoms with Gasteiger partial charge in [-0.25, -0.2) is 9.18 Å². The Labute approximate surface area is 107 Å². The number of amides is 1. The molecule has 0 aliphatic rings. The molecule has 0 aromatic heterocycles. The van der Waals surface area contributed by atoms with Gasteiger partial charge in [0.25, 0.3) is 0 Å². The van der Waals surface area contributed by atoms with E-state index in [9.17, 15) is 9.18 Å². The Balaban J connectivity index is 2.97. The van der Waals surface area contributed by atoms with E-state index in [1.54, 1.807) is 0 Å². The van der Waals surface area contributed by atoms with Gasteiger partial charge < -0.3 is 15.2 Å². The van der Waals surface area contributed by atoms with E-state index in [4.69, 9.17) is 10.5 Å². The topological polar surface area (TPSA) is 61.6 Å². The van der Waals surface area contributed by atoms with E-state index in [1.165, 1.54) is 6.07 Å². The van der Waals surface area contributed by atoms with Gasteiger partial charge in [0.15, 0.2) is 11.6 Å². The summed E-state index contributed by atoms with van der Waals surface area (Å²) in [6.07, 6.45) is 0.681. The summed E-state index contributed by atoms with van der Waals surface area (Å²) in [5, 5.41) is 0. The fourth-order valence-electron chi connectivity index (χ4n) is 1.16. The molecule has 0 heterocycles. The average Bonchev–Trinajstić information content (AvgIpc) is 2.27. The highest BCUT2D eigenvalue weighted by Gasteiger charge is 2.17. The lowest BCUT2D eigenvalue weighted by atomic mass is 10.3. The highest BCUT2D eigenvalue weighted by Crippen LogP contribution is 2.37. The number of carbonyl (C=O) groups excluding carboxylic acids is 1. The highest BCUT2D eigenvalue weighted by molar-refractivity contribution is 9.10. The molecule has 0 radical (unpaired) electrons. The summed E-state index contributed by atoms with van der Waals surface area (Å²) >= 11 is 3.20. The van der Waals surface area contributed by atoms with Gasteiger partial charge in [-0.05, 0) is 34.5 Å². The summed E-state index contributed by atoms with van der Waals surface area (Å²) in [6, 6.07) is 2.64. The first kappa shape index (κ1) is 13.8. The molecule has 17 heavy (non-hydrogen) atoms. The van der Waals surface area contributed by atoms with Crippen LogP contribution >= 0.6 is 15.9 Å². The molecule has 2 N–H and O–H groups in total. The third-order valence-electron chi connectivity index (χ3n) is 1.96. The molecule has 0 unspecified atom stereocenters. The van der Waals surface area contributed by atoms with Crippen LogP contribution in [0, 0.1) is 5.82 Å². The Morgan fingerprint density at radius 3 is 2.76 bits per heavy atom. The van der Waals surface area contributed by atoms with Crippen LogP contribution in [0.3, 0.4) is 0 Å². The summed E-state index contributed by atoms with van der Waals surface area (Å²) in [7, 11) is 0. The number of ether oxygens (including phenoxy) is 2. The smallest absolute Gasteiger partial charge is 0.410 e. The third kappa shape index (κ3) is 3.89. The number of carbonyl (C=O) groups is 1. The maximum absolute atomic E-state index is 13.5. The van der Waals surface area contributed by atoms with Gasteiger partial charge in [-0.2, -0.15) is 0 Å². The van der Waals surface area contributed by atoms with Crippen LogP contribution in [0.5, 0.6) is 11.5 Å². The van der Waals surface area contributed by atoms with Crippen molar-refractivity contribution >= 4 is 22.0 Å². The van der Waals surface area contributed by atoms with E-state index in [0.29, 0.717) is 11.1 Å². The van der Waals surface area contributed by atoms with Crippen molar-refractivity contribution in [2.24, 2.45) is 5.73 Å². The molecule has 94 valence electrons. The molecule has 0 aliphatic heterocycles. The maximum atomic E-state index is 13.5. The molecule has 1 aromatic rings. The van der Waals surface area contributed by atoms with E-state index in [0.717, 1.165) is 18.9 Å². The Morgan fingerprint density at radius 1 is 1.47 bits per heavy atom. The van der Waals surface area contributed by atoms with Crippen molar-refractivity contribution in [2.45, 2.75) is 19.8 Å². The zero-order valence-corrected chi connectivity index (χ0v) is 10.9. The Hall–Kier alpha value is -1.30. The maximum Gasteiger partial charge on any atom is 0.410 e. The van der Waals surface area contributed by atoms with Gasteiger partial charge in [-0.1, -0.05) is 13.3 Å². The average molecular weight is 306 g/mol. The first-order valence-corrected chi connectivity index (χ1v) is 5.93. The Kier molecular flexibility index (Phi) is 5.21. The molecule has 0 spiro atoms. The molecule has 0 saturated carbocycles. The summed E-state index contributed by atoms with van der Waals surface area (Å²) in [5.41, 5.74) is 4.87. The van der Waals surface area contributed by atoms with Gasteiger partial charge in [0, 0.05) is 0 Å². The minimum Gasteiger partial charge on any atom is -0.488 e. The summed E-state index contributed by atoms with van der Waals surface area (Å²) in [5.74, 6) is -0.835. The Bertz CT molecular complexity index is 412. The van der Waals surface area contributed by atoms with Crippen LogP contribution in [0.25, 0.3) is 0 Å². The summed E-state index contributed by atoms with van der Waals surface area (Å²) in [6.45, 7) is 2.42. The summed E-state index contributed by atoms with van der Waals surface area (Å²) < 4.78 is 23.9. The lowest BCUT2D eigenvalue weighted by molar-refractivity contribution is 0.204. The minimum absolute atomic E-state index is 0.150. The molecule has 1 aromatic carbocycles. The predicted molar refractivity (Wildman–Crippen MR) is 64.7 cm³/mol. The standard InChI is InChI=1S/C11H13BrFNO3/c1-2-3-6-16-9-7(12)4-5-8(13)10(9)17-11(14)15/h4-5H,2-3,6H2,1H3,(H2,14,15). The number of hydrogen-bond donors (Lipinski definition) is 1.